The SMILES string of the molecule is CCCCS(=O)(=O)N1CCc2ccc(S(=O)(=O)NC(C)C)cc2C1. The molecule has 8 heteroatoms. The Labute approximate surface area is 145 Å². The number of unbranched alkanes of at least 4 members (excludes halogenated alkanes) is 1. The van der Waals surface area contributed by atoms with Crippen LogP contribution >= 0.6 is 0 Å². The maximum absolute atomic E-state index is 12.4. The van der Waals surface area contributed by atoms with Gasteiger partial charge in [0.25, 0.3) is 0 Å². The molecule has 0 saturated carbocycles. The van der Waals surface area contributed by atoms with E-state index in [4.69, 9.17) is 0 Å². The van der Waals surface area contributed by atoms with Gasteiger partial charge in [0.2, 0.25) is 20.0 Å². The van der Waals surface area contributed by atoms with Gasteiger partial charge in [-0.15, -0.1) is 0 Å². The zero-order chi connectivity index (χ0) is 18.0. The van der Waals surface area contributed by atoms with Gasteiger partial charge in [0, 0.05) is 19.1 Å². The van der Waals surface area contributed by atoms with Gasteiger partial charge in [0.1, 0.15) is 0 Å². The average molecular weight is 375 g/mol. The van der Waals surface area contributed by atoms with E-state index in [-0.39, 0.29) is 23.2 Å². The largest absolute Gasteiger partial charge is 0.240 e. The highest BCUT2D eigenvalue weighted by Gasteiger charge is 2.27. The second-order valence-electron chi connectivity index (χ2n) is 6.46. The number of rotatable bonds is 7. The van der Waals surface area contributed by atoms with Gasteiger partial charge in [-0.3, -0.25) is 0 Å². The van der Waals surface area contributed by atoms with Crippen molar-refractivity contribution in [3.05, 3.63) is 29.3 Å². The van der Waals surface area contributed by atoms with Crippen LogP contribution in [0.1, 0.15) is 44.7 Å². The molecule has 0 fully saturated rings. The van der Waals surface area contributed by atoms with Crippen molar-refractivity contribution in [2.75, 3.05) is 12.3 Å². The molecule has 1 aromatic rings. The predicted molar refractivity (Wildman–Crippen MR) is 94.7 cm³/mol. The van der Waals surface area contributed by atoms with Gasteiger partial charge in [-0.25, -0.2) is 21.6 Å². The molecule has 0 aromatic heterocycles. The fraction of sp³-hybridized carbons (Fsp3) is 0.625. The third kappa shape index (κ3) is 4.56. The number of hydrogen-bond donors (Lipinski definition) is 1. The number of sulfonamides is 2. The number of fused-ring (bicyclic) bond motifs is 1. The first-order valence-electron chi connectivity index (χ1n) is 8.27. The van der Waals surface area contributed by atoms with Crippen molar-refractivity contribution in [2.24, 2.45) is 0 Å². The van der Waals surface area contributed by atoms with Crippen molar-refractivity contribution >= 4 is 20.0 Å². The van der Waals surface area contributed by atoms with Gasteiger partial charge in [0.05, 0.1) is 10.6 Å². The van der Waals surface area contributed by atoms with Gasteiger partial charge in [-0.1, -0.05) is 19.4 Å². The van der Waals surface area contributed by atoms with Gasteiger partial charge < -0.3 is 0 Å². The van der Waals surface area contributed by atoms with Crippen LogP contribution in [-0.4, -0.2) is 39.5 Å². The minimum atomic E-state index is -3.58. The van der Waals surface area contributed by atoms with Gasteiger partial charge in [-0.2, -0.15) is 4.31 Å². The maximum atomic E-state index is 12.4. The monoisotopic (exact) mass is 374 g/mol. The van der Waals surface area contributed by atoms with E-state index in [1.54, 1.807) is 32.0 Å². The molecule has 0 spiro atoms. The second kappa shape index (κ2) is 7.51. The Bertz CT molecular complexity index is 786. The summed E-state index contributed by atoms with van der Waals surface area (Å²) in [6.07, 6.45) is 2.07. The van der Waals surface area contributed by atoms with E-state index in [1.165, 1.54) is 4.31 Å². The Morgan fingerprint density at radius 1 is 1.17 bits per heavy atom. The molecule has 0 atom stereocenters. The van der Waals surface area contributed by atoms with Crippen LogP contribution in [0.5, 0.6) is 0 Å². The topological polar surface area (TPSA) is 83.6 Å². The predicted octanol–water partition coefficient (Wildman–Crippen LogP) is 1.86. The lowest BCUT2D eigenvalue weighted by Crippen LogP contribution is -2.37. The standard InChI is InChI=1S/C16H26N2O4S2/c1-4-5-10-23(19,20)18-9-8-14-6-7-16(11-15(14)12-18)24(21,22)17-13(2)3/h6-7,11,13,17H,4-5,8-10,12H2,1-3H3. The van der Waals surface area contributed by atoms with E-state index in [0.29, 0.717) is 19.4 Å². The van der Waals surface area contributed by atoms with Gasteiger partial charge in [-0.05, 0) is 49.9 Å². The van der Waals surface area contributed by atoms with Crippen LogP contribution in [-0.2, 0) is 33.0 Å². The normalized spacial score (nSPS) is 16.3. The van der Waals surface area contributed by atoms with Crippen molar-refractivity contribution < 1.29 is 16.8 Å². The first-order chi connectivity index (χ1) is 11.2. The van der Waals surface area contributed by atoms with E-state index >= 15 is 0 Å². The number of nitrogens with one attached hydrogen (secondary N) is 1. The molecule has 0 unspecified atom stereocenters. The number of nitrogens with zero attached hydrogens (tertiary/aromatic N) is 1. The van der Waals surface area contributed by atoms with Crippen LogP contribution in [0.3, 0.4) is 0 Å². The Hall–Kier alpha value is -0.960. The zero-order valence-corrected chi connectivity index (χ0v) is 16.1. The van der Waals surface area contributed by atoms with Crippen molar-refractivity contribution in [3.8, 4) is 0 Å². The van der Waals surface area contributed by atoms with E-state index in [1.807, 2.05) is 6.92 Å². The minimum Gasteiger partial charge on any atom is -0.212 e. The van der Waals surface area contributed by atoms with Crippen LogP contribution in [0, 0.1) is 0 Å². The lowest BCUT2D eigenvalue weighted by molar-refractivity contribution is 0.390. The Kier molecular flexibility index (Phi) is 6.06. The molecular formula is C16H26N2O4S2. The second-order valence-corrected chi connectivity index (χ2v) is 10.3. The molecule has 1 heterocycles. The first kappa shape index (κ1) is 19.4. The highest BCUT2D eigenvalue weighted by Crippen LogP contribution is 2.24. The molecule has 1 aliphatic rings. The van der Waals surface area contributed by atoms with Crippen LogP contribution in [0.4, 0.5) is 0 Å². The summed E-state index contributed by atoms with van der Waals surface area (Å²) in [7, 11) is -6.87. The minimum absolute atomic E-state index is 0.145. The Morgan fingerprint density at radius 2 is 1.88 bits per heavy atom. The molecule has 0 aliphatic carbocycles. The number of hydrogen-bond acceptors (Lipinski definition) is 4. The number of benzene rings is 1. The van der Waals surface area contributed by atoms with Gasteiger partial charge >= 0.3 is 0 Å². The molecule has 0 bridgehead atoms. The summed E-state index contributed by atoms with van der Waals surface area (Å²) >= 11 is 0. The molecule has 0 amide bonds. The summed E-state index contributed by atoms with van der Waals surface area (Å²) in [6, 6.07) is 4.78. The van der Waals surface area contributed by atoms with Crippen LogP contribution in [0.15, 0.2) is 23.1 Å². The summed E-state index contributed by atoms with van der Waals surface area (Å²) in [6.45, 7) is 6.18. The summed E-state index contributed by atoms with van der Waals surface area (Å²) in [5, 5.41) is 0. The summed E-state index contributed by atoms with van der Waals surface area (Å²) in [5.74, 6) is 0.145. The van der Waals surface area contributed by atoms with Crippen LogP contribution < -0.4 is 4.72 Å². The maximum Gasteiger partial charge on any atom is 0.240 e. The van der Waals surface area contributed by atoms with E-state index in [9.17, 15) is 16.8 Å². The average Bonchev–Trinajstić information content (AvgIpc) is 2.50. The molecule has 0 saturated heterocycles. The van der Waals surface area contributed by atoms with Crippen LogP contribution in [0.2, 0.25) is 0 Å². The van der Waals surface area contributed by atoms with Crippen molar-refractivity contribution in [2.45, 2.75) is 57.5 Å². The van der Waals surface area contributed by atoms with Crippen molar-refractivity contribution in [1.29, 1.82) is 0 Å². The molecule has 1 aliphatic heterocycles. The first-order valence-corrected chi connectivity index (χ1v) is 11.4. The molecule has 136 valence electrons. The molecule has 1 aromatic carbocycles. The third-order valence-electron chi connectivity index (χ3n) is 4.01. The molecule has 24 heavy (non-hydrogen) atoms. The zero-order valence-electron chi connectivity index (χ0n) is 14.4. The molecule has 2 rings (SSSR count). The molecular weight excluding hydrogens is 348 g/mol. The summed E-state index contributed by atoms with van der Waals surface area (Å²) < 4.78 is 53.4. The smallest absolute Gasteiger partial charge is 0.212 e. The van der Waals surface area contributed by atoms with Crippen molar-refractivity contribution in [3.63, 3.8) is 0 Å². The molecule has 1 N–H and O–H groups in total. The fourth-order valence-electron chi connectivity index (χ4n) is 2.75. The van der Waals surface area contributed by atoms with Gasteiger partial charge in [0.15, 0.2) is 0 Å². The Balaban J connectivity index is 2.26. The summed E-state index contributed by atoms with van der Waals surface area (Å²) in [5.41, 5.74) is 1.79. The quantitative estimate of drug-likeness (QED) is 0.790. The summed E-state index contributed by atoms with van der Waals surface area (Å²) in [4.78, 5) is 0.183. The lowest BCUT2D eigenvalue weighted by atomic mass is 10.0. The third-order valence-corrected chi connectivity index (χ3v) is 7.56. The van der Waals surface area contributed by atoms with Crippen molar-refractivity contribution in [1.82, 2.24) is 9.03 Å². The molecule has 0 radical (unpaired) electrons. The highest BCUT2D eigenvalue weighted by atomic mass is 32.2. The van der Waals surface area contributed by atoms with E-state index in [0.717, 1.165) is 17.5 Å². The van der Waals surface area contributed by atoms with Crippen LogP contribution in [0.25, 0.3) is 0 Å². The van der Waals surface area contributed by atoms with E-state index < -0.39 is 20.0 Å². The lowest BCUT2D eigenvalue weighted by Gasteiger charge is -2.28. The fourth-order valence-corrected chi connectivity index (χ4v) is 5.66. The van der Waals surface area contributed by atoms with E-state index in [2.05, 4.69) is 4.72 Å². The highest BCUT2D eigenvalue weighted by molar-refractivity contribution is 7.89. The Morgan fingerprint density at radius 3 is 2.50 bits per heavy atom. The molecule has 6 nitrogen and oxygen atoms in total.